The molecule has 136 valence electrons. The fourth-order valence-electron chi connectivity index (χ4n) is 3.22. The first kappa shape index (κ1) is 16.9. The number of fused-ring (bicyclic) bond motifs is 1. The molecule has 0 unspecified atom stereocenters. The van der Waals surface area contributed by atoms with Gasteiger partial charge >= 0.3 is 0 Å². The Morgan fingerprint density at radius 1 is 1.19 bits per heavy atom. The van der Waals surface area contributed by atoms with Gasteiger partial charge in [0.2, 0.25) is 0 Å². The molecule has 8 heteroatoms. The van der Waals surface area contributed by atoms with Crippen molar-refractivity contribution in [3.8, 4) is 5.69 Å². The first-order valence-electron chi connectivity index (χ1n) is 8.43. The van der Waals surface area contributed by atoms with Crippen LogP contribution < -0.4 is 4.90 Å². The molecule has 1 aliphatic rings. The van der Waals surface area contributed by atoms with Crippen molar-refractivity contribution < 1.29 is 14.1 Å². The number of aryl methyl sites for hydroxylation is 1. The van der Waals surface area contributed by atoms with E-state index in [1.807, 2.05) is 0 Å². The zero-order valence-electron chi connectivity index (χ0n) is 14.2. The van der Waals surface area contributed by atoms with E-state index in [0.29, 0.717) is 23.5 Å². The zero-order chi connectivity index (χ0) is 19.0. The second kappa shape index (κ2) is 6.64. The highest BCUT2D eigenvalue weighted by Crippen LogP contribution is 2.29. The van der Waals surface area contributed by atoms with Crippen molar-refractivity contribution in [3.05, 3.63) is 81.9 Å². The number of hydrogen-bond acceptors (Lipinski definition) is 4. The van der Waals surface area contributed by atoms with Crippen LogP contribution >= 0.6 is 0 Å². The van der Waals surface area contributed by atoms with Gasteiger partial charge in [-0.2, -0.15) is 5.10 Å². The van der Waals surface area contributed by atoms with Gasteiger partial charge in [0.05, 0.1) is 28.1 Å². The topological polar surface area (TPSA) is 81.3 Å². The molecule has 1 amide bonds. The number of nitrogens with zero attached hydrogens (tertiary/aromatic N) is 4. The molecule has 2 aromatic carbocycles. The Morgan fingerprint density at radius 2 is 1.96 bits per heavy atom. The van der Waals surface area contributed by atoms with Crippen LogP contribution in [-0.2, 0) is 6.42 Å². The number of aromatic nitrogens is 2. The van der Waals surface area contributed by atoms with Gasteiger partial charge in [0, 0.05) is 24.9 Å². The maximum atomic E-state index is 13.6. The van der Waals surface area contributed by atoms with E-state index in [-0.39, 0.29) is 17.4 Å². The second-order valence-corrected chi connectivity index (χ2v) is 6.28. The Bertz CT molecular complexity index is 1030. The van der Waals surface area contributed by atoms with Gasteiger partial charge in [-0.1, -0.05) is 6.07 Å². The lowest BCUT2D eigenvalue weighted by atomic mass is 10.0. The van der Waals surface area contributed by atoms with E-state index in [0.717, 1.165) is 18.4 Å². The average Bonchev–Trinajstić information content (AvgIpc) is 3.17. The summed E-state index contributed by atoms with van der Waals surface area (Å²) in [6, 6.07) is 10.4. The summed E-state index contributed by atoms with van der Waals surface area (Å²) in [7, 11) is 0. The summed E-state index contributed by atoms with van der Waals surface area (Å²) in [4.78, 5) is 24.8. The van der Waals surface area contributed by atoms with Gasteiger partial charge in [-0.15, -0.1) is 0 Å². The molecule has 0 bridgehead atoms. The van der Waals surface area contributed by atoms with Crippen LogP contribution in [0.5, 0.6) is 0 Å². The zero-order valence-corrected chi connectivity index (χ0v) is 14.2. The van der Waals surface area contributed by atoms with Crippen molar-refractivity contribution in [2.75, 3.05) is 11.4 Å². The molecule has 0 saturated carbocycles. The van der Waals surface area contributed by atoms with Gasteiger partial charge in [0.25, 0.3) is 11.6 Å². The van der Waals surface area contributed by atoms with E-state index >= 15 is 0 Å². The normalized spacial score (nSPS) is 13.3. The predicted octanol–water partition coefficient (Wildman–Crippen LogP) is 3.51. The van der Waals surface area contributed by atoms with Gasteiger partial charge in [-0.05, 0) is 42.7 Å². The Morgan fingerprint density at radius 3 is 2.70 bits per heavy atom. The fourth-order valence-corrected chi connectivity index (χ4v) is 3.22. The molecule has 1 aliphatic heterocycles. The van der Waals surface area contributed by atoms with Gasteiger partial charge < -0.3 is 4.90 Å². The van der Waals surface area contributed by atoms with Crippen LogP contribution in [0, 0.1) is 15.9 Å². The number of benzene rings is 2. The lowest BCUT2D eigenvalue weighted by molar-refractivity contribution is -0.384. The molecule has 0 N–H and O–H groups in total. The molecule has 0 aliphatic carbocycles. The molecular weight excluding hydrogens is 351 g/mol. The number of rotatable bonds is 3. The van der Waals surface area contributed by atoms with Gasteiger partial charge in [0.15, 0.2) is 0 Å². The molecule has 4 rings (SSSR count). The summed E-state index contributed by atoms with van der Waals surface area (Å²) in [5, 5.41) is 14.9. The molecule has 0 saturated heterocycles. The standard InChI is InChI=1S/C19H15FN4O3/c20-15-4-3-13-2-1-9-22(18(13)10-15)19(25)14-11-21-23(12-14)16-5-7-17(8-6-16)24(26)27/h3-8,10-12H,1-2,9H2. The molecule has 27 heavy (non-hydrogen) atoms. The van der Waals surface area contributed by atoms with Crippen molar-refractivity contribution in [2.45, 2.75) is 12.8 Å². The Labute approximate surface area is 153 Å². The molecule has 0 radical (unpaired) electrons. The highest BCUT2D eigenvalue weighted by Gasteiger charge is 2.25. The minimum atomic E-state index is -0.477. The Balaban J connectivity index is 1.61. The van der Waals surface area contributed by atoms with Crippen LogP contribution in [-0.4, -0.2) is 27.2 Å². The van der Waals surface area contributed by atoms with Crippen molar-refractivity contribution in [1.82, 2.24) is 9.78 Å². The van der Waals surface area contributed by atoms with Gasteiger partial charge in [-0.3, -0.25) is 14.9 Å². The number of halogens is 1. The number of anilines is 1. The molecule has 7 nitrogen and oxygen atoms in total. The fraction of sp³-hybridized carbons (Fsp3) is 0.158. The van der Waals surface area contributed by atoms with Crippen LogP contribution in [0.1, 0.15) is 22.3 Å². The third kappa shape index (κ3) is 3.17. The summed E-state index contributed by atoms with van der Waals surface area (Å²) in [6.07, 6.45) is 4.62. The number of carbonyl (C=O) groups is 1. The number of amides is 1. The van der Waals surface area contributed by atoms with Crippen molar-refractivity contribution in [1.29, 1.82) is 0 Å². The predicted molar refractivity (Wildman–Crippen MR) is 96.6 cm³/mol. The summed E-state index contributed by atoms with van der Waals surface area (Å²) < 4.78 is 15.1. The quantitative estimate of drug-likeness (QED) is 0.525. The van der Waals surface area contributed by atoms with Crippen molar-refractivity contribution >= 4 is 17.3 Å². The molecule has 0 atom stereocenters. The van der Waals surface area contributed by atoms with Crippen LogP contribution in [0.25, 0.3) is 5.69 Å². The van der Waals surface area contributed by atoms with Gasteiger partial charge in [0.1, 0.15) is 5.82 Å². The van der Waals surface area contributed by atoms with E-state index in [1.54, 1.807) is 29.3 Å². The minimum Gasteiger partial charge on any atom is -0.308 e. The number of nitro benzene ring substituents is 1. The Kier molecular flexibility index (Phi) is 4.15. The maximum Gasteiger partial charge on any atom is 0.269 e. The third-order valence-electron chi connectivity index (χ3n) is 4.57. The summed E-state index contributed by atoms with van der Waals surface area (Å²) in [5.74, 6) is -0.635. The maximum absolute atomic E-state index is 13.6. The molecule has 0 spiro atoms. The summed E-state index contributed by atoms with van der Waals surface area (Å²) >= 11 is 0. The van der Waals surface area contributed by atoms with E-state index in [9.17, 15) is 19.3 Å². The minimum absolute atomic E-state index is 0.0193. The van der Waals surface area contributed by atoms with Crippen LogP contribution in [0.4, 0.5) is 15.8 Å². The molecule has 0 fully saturated rings. The van der Waals surface area contributed by atoms with E-state index in [4.69, 9.17) is 0 Å². The highest BCUT2D eigenvalue weighted by molar-refractivity contribution is 6.06. The van der Waals surface area contributed by atoms with E-state index < -0.39 is 4.92 Å². The second-order valence-electron chi connectivity index (χ2n) is 6.28. The number of non-ortho nitro benzene ring substituents is 1. The first-order valence-corrected chi connectivity index (χ1v) is 8.43. The molecule has 1 aromatic heterocycles. The summed E-state index contributed by atoms with van der Waals surface area (Å²) in [6.45, 7) is 0.512. The highest BCUT2D eigenvalue weighted by atomic mass is 19.1. The van der Waals surface area contributed by atoms with Gasteiger partial charge in [-0.25, -0.2) is 9.07 Å². The third-order valence-corrected chi connectivity index (χ3v) is 4.57. The lowest BCUT2D eigenvalue weighted by Crippen LogP contribution is -2.35. The molecule has 2 heterocycles. The van der Waals surface area contributed by atoms with E-state index in [2.05, 4.69) is 5.10 Å². The largest absolute Gasteiger partial charge is 0.308 e. The number of carbonyl (C=O) groups excluding carboxylic acids is 1. The van der Waals surface area contributed by atoms with Crippen molar-refractivity contribution in [2.24, 2.45) is 0 Å². The number of nitro groups is 1. The average molecular weight is 366 g/mol. The summed E-state index contributed by atoms with van der Waals surface area (Å²) in [5.41, 5.74) is 2.48. The van der Waals surface area contributed by atoms with Crippen molar-refractivity contribution in [3.63, 3.8) is 0 Å². The smallest absolute Gasteiger partial charge is 0.269 e. The lowest BCUT2D eigenvalue weighted by Gasteiger charge is -2.29. The first-order chi connectivity index (χ1) is 13.0. The molecular formula is C19H15FN4O3. The van der Waals surface area contributed by atoms with Crippen LogP contribution in [0.2, 0.25) is 0 Å². The van der Waals surface area contributed by atoms with Crippen LogP contribution in [0.15, 0.2) is 54.9 Å². The van der Waals surface area contributed by atoms with Crippen LogP contribution in [0.3, 0.4) is 0 Å². The van der Waals surface area contributed by atoms with E-state index in [1.165, 1.54) is 35.1 Å². The monoisotopic (exact) mass is 366 g/mol. The molecule has 3 aromatic rings. The Hall–Kier alpha value is -3.55. The number of hydrogen-bond donors (Lipinski definition) is 0. The SMILES string of the molecule is O=C(c1cnn(-c2ccc([N+](=O)[O-])cc2)c1)N1CCCc2ccc(F)cc21.